The fourth-order valence-electron chi connectivity index (χ4n) is 1.69. The van der Waals surface area contributed by atoms with Gasteiger partial charge >= 0.3 is 5.97 Å². The fourth-order valence-corrected chi connectivity index (χ4v) is 1.69. The van der Waals surface area contributed by atoms with Crippen LogP contribution in [-0.2, 0) is 0 Å². The van der Waals surface area contributed by atoms with Crippen molar-refractivity contribution >= 4 is 18.4 Å². The maximum absolute atomic E-state index is 11.2. The Morgan fingerprint density at radius 1 is 1.43 bits per heavy atom. The van der Waals surface area contributed by atoms with Crippen molar-refractivity contribution in [3.8, 4) is 0 Å². The van der Waals surface area contributed by atoms with Crippen molar-refractivity contribution in [1.82, 2.24) is 5.32 Å². The van der Waals surface area contributed by atoms with Crippen LogP contribution >= 0.6 is 0 Å². The van der Waals surface area contributed by atoms with Gasteiger partial charge in [-0.3, -0.25) is 10.1 Å². The van der Waals surface area contributed by atoms with Gasteiger partial charge in [-0.05, 0) is 29.8 Å². The lowest BCUT2D eigenvalue weighted by Crippen LogP contribution is -2.16. The zero-order chi connectivity index (χ0) is 15.2. The molecule has 0 fully saturated rings. The number of aromatic carboxylic acids is 1. The Morgan fingerprint density at radius 2 is 2.24 bits per heavy atom. The number of carbonyl (C=O) groups is 1. The number of nitrogens with one attached hydrogen (secondary N) is 1. The van der Waals surface area contributed by atoms with Crippen molar-refractivity contribution in [2.75, 3.05) is 0 Å². The van der Waals surface area contributed by atoms with Gasteiger partial charge in [0.05, 0.1) is 16.8 Å². The van der Waals surface area contributed by atoms with Gasteiger partial charge in [0.2, 0.25) is 0 Å². The smallest absolute Gasteiger partial charge is 0.335 e. The first-order valence-corrected chi connectivity index (χ1v) is 5.93. The maximum atomic E-state index is 11.2. The van der Waals surface area contributed by atoms with Crippen molar-refractivity contribution in [3.05, 3.63) is 75.3 Å². The van der Waals surface area contributed by atoms with E-state index in [0.717, 1.165) is 0 Å². The number of benzene rings is 1. The molecule has 1 aliphatic heterocycles. The number of rotatable bonds is 4. The molecule has 7 heteroatoms. The molecule has 21 heavy (non-hydrogen) atoms. The maximum Gasteiger partial charge on any atom is 0.335 e. The van der Waals surface area contributed by atoms with Crippen LogP contribution in [0.1, 0.15) is 15.9 Å². The molecule has 106 valence electrons. The molecule has 1 aliphatic rings. The highest BCUT2D eigenvalue weighted by atomic mass is 16.6. The zero-order valence-corrected chi connectivity index (χ0v) is 10.8. The molecule has 0 saturated carbocycles. The second-order valence-electron chi connectivity index (χ2n) is 4.06. The lowest BCUT2D eigenvalue weighted by molar-refractivity contribution is -0.419. The number of aliphatic imine (C=N–C) groups is 1. The van der Waals surface area contributed by atoms with E-state index in [1.807, 2.05) is 0 Å². The van der Waals surface area contributed by atoms with Gasteiger partial charge in [-0.15, -0.1) is 0 Å². The highest BCUT2D eigenvalue weighted by Gasteiger charge is 2.17. The van der Waals surface area contributed by atoms with E-state index < -0.39 is 10.9 Å². The number of carboxylic acid groups (broad SMARTS) is 1. The number of hydrogen-bond acceptors (Lipinski definition) is 5. The summed E-state index contributed by atoms with van der Waals surface area (Å²) in [4.78, 5) is 25.4. The van der Waals surface area contributed by atoms with Crippen LogP contribution in [0.15, 0.2) is 59.0 Å². The van der Waals surface area contributed by atoms with Crippen LogP contribution < -0.4 is 5.32 Å². The van der Waals surface area contributed by atoms with Crippen molar-refractivity contribution in [3.63, 3.8) is 0 Å². The number of nitro groups is 1. The Labute approximate surface area is 119 Å². The summed E-state index contributed by atoms with van der Waals surface area (Å²) in [5, 5.41) is 22.8. The van der Waals surface area contributed by atoms with Gasteiger partial charge < -0.3 is 10.4 Å². The Bertz CT molecular complexity index is 702. The first kappa shape index (κ1) is 14.2. The molecule has 1 heterocycles. The van der Waals surface area contributed by atoms with Crippen molar-refractivity contribution in [2.45, 2.75) is 0 Å². The SMILES string of the molecule is O=C(O)c1cccc(/C=C(\C2=CC=CN=CN2)[N+](=O)[O-])c1. The van der Waals surface area contributed by atoms with E-state index in [1.165, 1.54) is 42.9 Å². The number of nitrogens with zero attached hydrogens (tertiary/aromatic N) is 2. The third-order valence-electron chi connectivity index (χ3n) is 2.64. The summed E-state index contributed by atoms with van der Waals surface area (Å²) in [5.41, 5.74) is 0.568. The topological polar surface area (TPSA) is 105 Å². The summed E-state index contributed by atoms with van der Waals surface area (Å²) >= 11 is 0. The molecule has 0 saturated heterocycles. The first-order valence-electron chi connectivity index (χ1n) is 5.93. The molecular weight excluding hydrogens is 274 g/mol. The number of hydrogen-bond donors (Lipinski definition) is 2. The van der Waals surface area contributed by atoms with Gasteiger partial charge in [0.15, 0.2) is 0 Å². The highest BCUT2D eigenvalue weighted by molar-refractivity contribution is 5.88. The normalized spacial score (nSPS) is 14.1. The minimum Gasteiger partial charge on any atom is -0.478 e. The van der Waals surface area contributed by atoms with Crippen LogP contribution in [0.4, 0.5) is 0 Å². The minimum atomic E-state index is -1.09. The molecule has 0 radical (unpaired) electrons. The molecule has 2 rings (SSSR count). The molecule has 0 unspecified atom stereocenters. The lowest BCUT2D eigenvalue weighted by Gasteiger charge is -2.03. The van der Waals surface area contributed by atoms with Gasteiger partial charge in [0.25, 0.3) is 5.70 Å². The predicted molar refractivity (Wildman–Crippen MR) is 77.2 cm³/mol. The van der Waals surface area contributed by atoms with Crippen LogP contribution in [-0.4, -0.2) is 22.3 Å². The second kappa shape index (κ2) is 6.29. The minimum absolute atomic E-state index is 0.0655. The number of allylic oxidation sites excluding steroid dienone is 2. The standard InChI is InChI=1S/C14H11N3O4/c18-14(19)11-4-1-3-10(7-11)8-13(17(20)21)12-5-2-6-15-9-16-12/h1-9H,(H,15,16)(H,18,19)/b13-8+. The van der Waals surface area contributed by atoms with E-state index >= 15 is 0 Å². The summed E-state index contributed by atoms with van der Waals surface area (Å²) < 4.78 is 0. The molecule has 0 spiro atoms. The summed E-state index contributed by atoms with van der Waals surface area (Å²) in [6.07, 6.45) is 7.21. The van der Waals surface area contributed by atoms with E-state index in [1.54, 1.807) is 12.1 Å². The Kier molecular flexibility index (Phi) is 4.25. The van der Waals surface area contributed by atoms with E-state index in [0.29, 0.717) is 5.56 Å². The first-order chi connectivity index (χ1) is 10.1. The second-order valence-corrected chi connectivity index (χ2v) is 4.06. The molecule has 1 aromatic carbocycles. The largest absolute Gasteiger partial charge is 0.478 e. The van der Waals surface area contributed by atoms with E-state index in [4.69, 9.17) is 5.11 Å². The summed E-state index contributed by atoms with van der Waals surface area (Å²) in [7, 11) is 0. The van der Waals surface area contributed by atoms with Crippen LogP contribution in [0.3, 0.4) is 0 Å². The Hall–Kier alpha value is -3.22. The average Bonchev–Trinajstić information content (AvgIpc) is 2.73. The summed E-state index contributed by atoms with van der Waals surface area (Å²) in [5.74, 6) is -1.09. The van der Waals surface area contributed by atoms with Gasteiger partial charge in [0.1, 0.15) is 5.70 Å². The quantitative estimate of drug-likeness (QED) is 0.650. The van der Waals surface area contributed by atoms with E-state index in [9.17, 15) is 14.9 Å². The van der Waals surface area contributed by atoms with E-state index in [-0.39, 0.29) is 17.0 Å². The van der Waals surface area contributed by atoms with Gasteiger partial charge in [-0.25, -0.2) is 9.79 Å². The van der Waals surface area contributed by atoms with Crippen LogP contribution in [0.5, 0.6) is 0 Å². The molecule has 0 aromatic heterocycles. The highest BCUT2D eigenvalue weighted by Crippen LogP contribution is 2.16. The van der Waals surface area contributed by atoms with Gasteiger partial charge in [-0.1, -0.05) is 12.1 Å². The third-order valence-corrected chi connectivity index (χ3v) is 2.64. The third kappa shape index (κ3) is 3.63. The number of carboxylic acids is 1. The summed E-state index contributed by atoms with van der Waals surface area (Å²) in [6.45, 7) is 0. The lowest BCUT2D eigenvalue weighted by atomic mass is 10.1. The van der Waals surface area contributed by atoms with E-state index in [2.05, 4.69) is 10.3 Å². The Balaban J connectivity index is 2.43. The average molecular weight is 285 g/mol. The monoisotopic (exact) mass is 285 g/mol. The van der Waals surface area contributed by atoms with Crippen LogP contribution in [0, 0.1) is 10.1 Å². The molecule has 2 N–H and O–H groups in total. The molecule has 0 atom stereocenters. The van der Waals surface area contributed by atoms with Crippen molar-refractivity contribution < 1.29 is 14.8 Å². The predicted octanol–water partition coefficient (Wildman–Crippen LogP) is 2.03. The molecule has 7 nitrogen and oxygen atoms in total. The van der Waals surface area contributed by atoms with Gasteiger partial charge in [-0.2, -0.15) is 0 Å². The molecule has 1 aromatic rings. The van der Waals surface area contributed by atoms with Crippen LogP contribution in [0.2, 0.25) is 0 Å². The van der Waals surface area contributed by atoms with Crippen molar-refractivity contribution in [1.29, 1.82) is 0 Å². The summed E-state index contributed by atoms with van der Waals surface area (Å²) in [6, 6.07) is 5.91. The van der Waals surface area contributed by atoms with Gasteiger partial charge in [0, 0.05) is 12.3 Å². The molecule has 0 aliphatic carbocycles. The zero-order valence-electron chi connectivity index (χ0n) is 10.8. The Morgan fingerprint density at radius 3 is 2.95 bits per heavy atom. The molecule has 0 bridgehead atoms. The van der Waals surface area contributed by atoms with Crippen LogP contribution in [0.25, 0.3) is 6.08 Å². The fraction of sp³-hybridized carbons (Fsp3) is 0. The molecule has 0 amide bonds. The van der Waals surface area contributed by atoms with Crippen molar-refractivity contribution in [2.24, 2.45) is 4.99 Å². The molecular formula is C14H11N3O4.